The highest BCUT2D eigenvalue weighted by atomic mass is 16.6. The summed E-state index contributed by atoms with van der Waals surface area (Å²) in [7, 11) is 0. The molecule has 5 heteroatoms. The SMILES string of the molecule is CC(CO)C(C)(O)c1ccc([N+](=O)[O-])cc1. The van der Waals surface area contributed by atoms with Crippen LogP contribution in [-0.2, 0) is 5.60 Å². The zero-order valence-electron chi connectivity index (χ0n) is 9.25. The number of hydrogen-bond acceptors (Lipinski definition) is 4. The van der Waals surface area contributed by atoms with Crippen molar-refractivity contribution < 1.29 is 15.1 Å². The molecule has 0 saturated carbocycles. The molecule has 16 heavy (non-hydrogen) atoms. The Hall–Kier alpha value is -1.46. The van der Waals surface area contributed by atoms with Gasteiger partial charge in [-0.15, -0.1) is 0 Å². The van der Waals surface area contributed by atoms with Crippen molar-refractivity contribution in [1.82, 2.24) is 0 Å². The summed E-state index contributed by atoms with van der Waals surface area (Å²) in [4.78, 5) is 9.96. The van der Waals surface area contributed by atoms with E-state index in [0.29, 0.717) is 5.56 Å². The third-order valence-electron chi connectivity index (χ3n) is 2.90. The van der Waals surface area contributed by atoms with E-state index in [0.717, 1.165) is 0 Å². The van der Waals surface area contributed by atoms with E-state index in [1.54, 1.807) is 13.8 Å². The fourth-order valence-electron chi connectivity index (χ4n) is 1.38. The average Bonchev–Trinajstić information content (AvgIpc) is 2.28. The number of nitrogens with zero attached hydrogens (tertiary/aromatic N) is 1. The van der Waals surface area contributed by atoms with Crippen molar-refractivity contribution in [3.05, 3.63) is 39.9 Å². The van der Waals surface area contributed by atoms with E-state index < -0.39 is 10.5 Å². The van der Waals surface area contributed by atoms with Crippen LogP contribution in [0.15, 0.2) is 24.3 Å². The molecule has 2 atom stereocenters. The van der Waals surface area contributed by atoms with Crippen molar-refractivity contribution in [2.45, 2.75) is 19.4 Å². The fourth-order valence-corrected chi connectivity index (χ4v) is 1.38. The number of benzene rings is 1. The number of rotatable bonds is 4. The lowest BCUT2D eigenvalue weighted by molar-refractivity contribution is -0.384. The van der Waals surface area contributed by atoms with Gasteiger partial charge in [-0.25, -0.2) is 0 Å². The molecular formula is C11H15NO4. The van der Waals surface area contributed by atoms with E-state index >= 15 is 0 Å². The summed E-state index contributed by atoms with van der Waals surface area (Å²) in [6, 6.07) is 5.69. The molecule has 5 nitrogen and oxygen atoms in total. The number of aliphatic hydroxyl groups excluding tert-OH is 1. The second kappa shape index (κ2) is 4.59. The van der Waals surface area contributed by atoms with Gasteiger partial charge in [0.05, 0.1) is 10.5 Å². The first-order valence-corrected chi connectivity index (χ1v) is 4.97. The average molecular weight is 225 g/mol. The first-order chi connectivity index (χ1) is 7.39. The van der Waals surface area contributed by atoms with Gasteiger partial charge in [-0.3, -0.25) is 10.1 Å². The molecule has 2 unspecified atom stereocenters. The molecule has 0 saturated heterocycles. The molecule has 0 amide bonds. The second-order valence-corrected chi connectivity index (χ2v) is 4.04. The van der Waals surface area contributed by atoms with E-state index in [-0.39, 0.29) is 18.2 Å². The van der Waals surface area contributed by atoms with Gasteiger partial charge >= 0.3 is 0 Å². The molecule has 0 aliphatic carbocycles. The van der Waals surface area contributed by atoms with Crippen LogP contribution in [0.3, 0.4) is 0 Å². The minimum absolute atomic E-state index is 0.0174. The first kappa shape index (κ1) is 12.6. The molecule has 1 aromatic carbocycles. The smallest absolute Gasteiger partial charge is 0.269 e. The molecule has 88 valence electrons. The van der Waals surface area contributed by atoms with Gasteiger partial charge in [-0.05, 0) is 24.6 Å². The quantitative estimate of drug-likeness (QED) is 0.599. The van der Waals surface area contributed by atoms with Gasteiger partial charge in [-0.2, -0.15) is 0 Å². The minimum Gasteiger partial charge on any atom is -0.396 e. The fraction of sp³-hybridized carbons (Fsp3) is 0.455. The normalized spacial score (nSPS) is 16.5. The van der Waals surface area contributed by atoms with E-state index in [1.807, 2.05) is 0 Å². The number of hydrogen-bond donors (Lipinski definition) is 2. The third-order valence-corrected chi connectivity index (χ3v) is 2.90. The predicted octanol–water partition coefficient (Wildman–Crippen LogP) is 1.43. The van der Waals surface area contributed by atoms with Crippen LogP contribution in [0.4, 0.5) is 5.69 Å². The van der Waals surface area contributed by atoms with Gasteiger partial charge in [0.15, 0.2) is 0 Å². The molecular weight excluding hydrogens is 210 g/mol. The maximum Gasteiger partial charge on any atom is 0.269 e. The zero-order valence-corrected chi connectivity index (χ0v) is 9.25. The predicted molar refractivity (Wildman–Crippen MR) is 58.9 cm³/mol. The van der Waals surface area contributed by atoms with Crippen molar-refractivity contribution >= 4 is 5.69 Å². The lowest BCUT2D eigenvalue weighted by Gasteiger charge is -2.29. The Morgan fingerprint density at radius 1 is 1.44 bits per heavy atom. The molecule has 2 N–H and O–H groups in total. The number of nitro groups is 1. The Bertz CT molecular complexity index is 372. The highest BCUT2D eigenvalue weighted by Crippen LogP contribution is 2.29. The molecule has 0 radical (unpaired) electrons. The van der Waals surface area contributed by atoms with Crippen LogP contribution in [0.5, 0.6) is 0 Å². The van der Waals surface area contributed by atoms with Crippen molar-refractivity contribution in [2.75, 3.05) is 6.61 Å². The van der Waals surface area contributed by atoms with Crippen molar-refractivity contribution in [2.24, 2.45) is 5.92 Å². The van der Waals surface area contributed by atoms with Gasteiger partial charge in [0.25, 0.3) is 5.69 Å². The van der Waals surface area contributed by atoms with Crippen LogP contribution < -0.4 is 0 Å². The monoisotopic (exact) mass is 225 g/mol. The molecule has 0 heterocycles. The highest BCUT2D eigenvalue weighted by molar-refractivity contribution is 5.35. The van der Waals surface area contributed by atoms with Crippen LogP contribution in [-0.4, -0.2) is 21.7 Å². The Kier molecular flexibility index (Phi) is 3.62. The number of non-ortho nitro benzene ring substituents is 1. The first-order valence-electron chi connectivity index (χ1n) is 4.97. The molecule has 0 aliphatic heterocycles. The largest absolute Gasteiger partial charge is 0.396 e. The molecule has 1 aromatic rings. The Morgan fingerprint density at radius 2 is 1.94 bits per heavy atom. The van der Waals surface area contributed by atoms with Gasteiger partial charge in [0, 0.05) is 24.7 Å². The van der Waals surface area contributed by atoms with Crippen molar-refractivity contribution in [3.63, 3.8) is 0 Å². The molecule has 0 spiro atoms. The standard InChI is InChI=1S/C11H15NO4/c1-8(7-13)11(2,14)9-3-5-10(6-4-9)12(15)16/h3-6,8,13-14H,7H2,1-2H3. The van der Waals surface area contributed by atoms with E-state index in [9.17, 15) is 15.2 Å². The molecule has 0 aliphatic rings. The zero-order chi connectivity index (χ0) is 12.3. The van der Waals surface area contributed by atoms with Crippen LogP contribution in [0.1, 0.15) is 19.4 Å². The van der Waals surface area contributed by atoms with Crippen molar-refractivity contribution in [1.29, 1.82) is 0 Å². The van der Waals surface area contributed by atoms with Gasteiger partial charge in [-0.1, -0.05) is 6.92 Å². The van der Waals surface area contributed by atoms with Crippen LogP contribution in [0, 0.1) is 16.0 Å². The molecule has 0 bridgehead atoms. The Balaban J connectivity index is 3.01. The van der Waals surface area contributed by atoms with Gasteiger partial charge in [0.1, 0.15) is 0 Å². The van der Waals surface area contributed by atoms with Gasteiger partial charge in [0.2, 0.25) is 0 Å². The summed E-state index contributed by atoms with van der Waals surface area (Å²) in [5.74, 6) is -0.339. The Morgan fingerprint density at radius 3 is 2.31 bits per heavy atom. The minimum atomic E-state index is -1.19. The maximum atomic E-state index is 10.5. The van der Waals surface area contributed by atoms with Crippen LogP contribution >= 0.6 is 0 Å². The van der Waals surface area contributed by atoms with Crippen molar-refractivity contribution in [3.8, 4) is 0 Å². The third kappa shape index (κ3) is 2.37. The molecule has 1 rings (SSSR count). The topological polar surface area (TPSA) is 83.6 Å². The maximum absolute atomic E-state index is 10.5. The summed E-state index contributed by atoms with van der Waals surface area (Å²) >= 11 is 0. The number of aliphatic hydroxyl groups is 2. The lowest BCUT2D eigenvalue weighted by atomic mass is 9.84. The summed E-state index contributed by atoms with van der Waals surface area (Å²) in [5.41, 5.74) is -0.653. The van der Waals surface area contributed by atoms with Crippen LogP contribution in [0.2, 0.25) is 0 Å². The van der Waals surface area contributed by atoms with Gasteiger partial charge < -0.3 is 10.2 Å². The summed E-state index contributed by atoms with van der Waals surface area (Å²) in [6.07, 6.45) is 0. The van der Waals surface area contributed by atoms with E-state index in [1.165, 1.54) is 24.3 Å². The molecule has 0 aromatic heterocycles. The highest BCUT2D eigenvalue weighted by Gasteiger charge is 2.30. The lowest BCUT2D eigenvalue weighted by Crippen LogP contribution is -2.32. The summed E-state index contributed by atoms with van der Waals surface area (Å²) in [5, 5.41) is 29.6. The molecule has 0 fully saturated rings. The Labute approximate surface area is 93.5 Å². The second-order valence-electron chi connectivity index (χ2n) is 4.04. The number of nitro benzene ring substituents is 1. The van der Waals surface area contributed by atoms with E-state index in [4.69, 9.17) is 5.11 Å². The van der Waals surface area contributed by atoms with E-state index in [2.05, 4.69) is 0 Å². The summed E-state index contributed by atoms with van der Waals surface area (Å²) < 4.78 is 0. The summed E-state index contributed by atoms with van der Waals surface area (Å²) in [6.45, 7) is 3.14. The van der Waals surface area contributed by atoms with Crippen LogP contribution in [0.25, 0.3) is 0 Å².